The molecule has 3 heteroatoms. The normalized spacial score (nSPS) is 12.9. The van der Waals surface area contributed by atoms with E-state index in [1.165, 1.54) is 0 Å². The molecule has 1 aromatic rings. The summed E-state index contributed by atoms with van der Waals surface area (Å²) in [4.78, 5) is 10.5. The van der Waals surface area contributed by atoms with Gasteiger partial charge >= 0.3 is 0 Å². The monoisotopic (exact) mass is 171 g/mol. The zero-order valence-electron chi connectivity index (χ0n) is 6.33. The molecule has 1 atom stereocenters. The molecule has 0 aliphatic rings. The third-order valence-corrected chi connectivity index (χ3v) is 1.75. The summed E-state index contributed by atoms with van der Waals surface area (Å²) in [6.45, 7) is 1.96. The molecule has 1 aromatic heterocycles. The molecule has 0 aromatic carbocycles. The molecule has 0 aliphatic heterocycles. The molecule has 11 heavy (non-hydrogen) atoms. The summed E-state index contributed by atoms with van der Waals surface area (Å²) in [5.41, 5.74) is 0. The van der Waals surface area contributed by atoms with Crippen molar-refractivity contribution in [3.8, 4) is 0 Å². The van der Waals surface area contributed by atoms with Gasteiger partial charge in [-0.1, -0.05) is 0 Å². The molecule has 1 heterocycles. The van der Waals surface area contributed by atoms with Crippen LogP contribution in [0.5, 0.6) is 0 Å². The molecule has 0 aliphatic carbocycles. The van der Waals surface area contributed by atoms with E-state index in [1.807, 2.05) is 36.0 Å². The summed E-state index contributed by atoms with van der Waals surface area (Å²) in [6, 6.07) is 4.01. The van der Waals surface area contributed by atoms with Gasteiger partial charge in [0.25, 0.3) is 0 Å². The van der Waals surface area contributed by atoms with Crippen molar-refractivity contribution in [3.05, 3.63) is 24.5 Å². The van der Waals surface area contributed by atoms with Crippen molar-refractivity contribution in [3.63, 3.8) is 0 Å². The predicted octanol–water partition coefficient (Wildman–Crippen LogP) is 2.20. The van der Waals surface area contributed by atoms with Crippen LogP contribution in [-0.4, -0.2) is 9.81 Å². The predicted molar refractivity (Wildman–Crippen MR) is 44.6 cm³/mol. The van der Waals surface area contributed by atoms with Crippen molar-refractivity contribution in [2.45, 2.75) is 19.4 Å². The van der Waals surface area contributed by atoms with E-state index in [2.05, 4.69) is 0 Å². The number of carbonyl (C=O) groups is 1. The Kier molecular flexibility index (Phi) is 2.71. The van der Waals surface area contributed by atoms with Gasteiger partial charge < -0.3 is 4.57 Å². The molecule has 0 bridgehead atoms. The summed E-state index contributed by atoms with van der Waals surface area (Å²) < 4.78 is 1.96. The fourth-order valence-electron chi connectivity index (χ4n) is 0.979. The second-order valence-corrected chi connectivity index (χ2v) is 2.96. The zero-order chi connectivity index (χ0) is 8.27. The second kappa shape index (κ2) is 3.58. The van der Waals surface area contributed by atoms with Gasteiger partial charge in [-0.3, -0.25) is 4.79 Å². The lowest BCUT2D eigenvalue weighted by atomic mass is 10.2. The molecule has 60 valence electrons. The van der Waals surface area contributed by atoms with Crippen molar-refractivity contribution in [1.29, 1.82) is 0 Å². The number of aromatic nitrogens is 1. The van der Waals surface area contributed by atoms with Crippen molar-refractivity contribution in [1.82, 2.24) is 4.57 Å². The van der Waals surface area contributed by atoms with Crippen LogP contribution in [0, 0.1) is 0 Å². The molecule has 1 rings (SSSR count). The van der Waals surface area contributed by atoms with Crippen LogP contribution >= 0.6 is 11.6 Å². The van der Waals surface area contributed by atoms with Gasteiger partial charge in [-0.2, -0.15) is 0 Å². The number of rotatable bonds is 3. The highest BCUT2D eigenvalue weighted by Gasteiger charge is 2.06. The van der Waals surface area contributed by atoms with Crippen molar-refractivity contribution in [2.75, 3.05) is 0 Å². The van der Waals surface area contributed by atoms with Gasteiger partial charge in [0.2, 0.25) is 5.24 Å². The molecule has 0 saturated heterocycles. The van der Waals surface area contributed by atoms with Crippen LogP contribution in [0.3, 0.4) is 0 Å². The number of hydrogen-bond donors (Lipinski definition) is 0. The third kappa shape index (κ3) is 2.39. The van der Waals surface area contributed by atoms with Crippen molar-refractivity contribution < 1.29 is 4.79 Å². The molecule has 2 nitrogen and oxygen atoms in total. The molecule has 0 fully saturated rings. The smallest absolute Gasteiger partial charge is 0.223 e. The highest BCUT2D eigenvalue weighted by atomic mass is 35.5. The number of nitrogens with zero attached hydrogens (tertiary/aromatic N) is 1. The molecule has 0 spiro atoms. The van der Waals surface area contributed by atoms with Gasteiger partial charge in [0.1, 0.15) is 0 Å². The van der Waals surface area contributed by atoms with Crippen LogP contribution in [0.2, 0.25) is 0 Å². The van der Waals surface area contributed by atoms with E-state index in [9.17, 15) is 4.79 Å². The minimum absolute atomic E-state index is 0.162. The molecule has 0 amide bonds. The van der Waals surface area contributed by atoms with E-state index in [0.717, 1.165) is 0 Å². The van der Waals surface area contributed by atoms with E-state index in [4.69, 9.17) is 11.6 Å². The minimum Gasteiger partial charge on any atom is -0.351 e. The van der Waals surface area contributed by atoms with Gasteiger partial charge in [-0.05, 0) is 30.7 Å². The Hall–Kier alpha value is -0.760. The number of hydrogen-bond acceptors (Lipinski definition) is 1. The molecule has 0 radical (unpaired) electrons. The summed E-state index contributed by atoms with van der Waals surface area (Å²) in [5, 5.41) is -0.286. The van der Waals surface area contributed by atoms with Crippen molar-refractivity contribution in [2.24, 2.45) is 0 Å². The summed E-state index contributed by atoms with van der Waals surface area (Å²) in [6.07, 6.45) is 4.23. The van der Waals surface area contributed by atoms with Crippen LogP contribution in [-0.2, 0) is 4.79 Å². The molecule has 0 N–H and O–H groups in total. The number of halogens is 1. The summed E-state index contributed by atoms with van der Waals surface area (Å²) in [5.74, 6) is 0. The maximum Gasteiger partial charge on any atom is 0.223 e. The van der Waals surface area contributed by atoms with Crippen LogP contribution in [0.25, 0.3) is 0 Å². The topological polar surface area (TPSA) is 22.0 Å². The Labute approximate surface area is 70.8 Å². The lowest BCUT2D eigenvalue weighted by Crippen LogP contribution is -2.05. The van der Waals surface area contributed by atoms with Crippen LogP contribution < -0.4 is 0 Å². The first kappa shape index (κ1) is 8.34. The lowest BCUT2D eigenvalue weighted by molar-refractivity contribution is -0.112. The Balaban J connectivity index is 2.56. The maximum atomic E-state index is 10.5. The highest BCUT2D eigenvalue weighted by molar-refractivity contribution is 6.63. The average molecular weight is 172 g/mol. The first-order valence-corrected chi connectivity index (χ1v) is 3.88. The Morgan fingerprint density at radius 3 is 2.55 bits per heavy atom. The zero-order valence-corrected chi connectivity index (χ0v) is 7.08. The van der Waals surface area contributed by atoms with E-state index >= 15 is 0 Å². The Morgan fingerprint density at radius 2 is 2.09 bits per heavy atom. The summed E-state index contributed by atoms with van der Waals surface area (Å²) in [7, 11) is 0. The highest BCUT2D eigenvalue weighted by Crippen LogP contribution is 2.11. The van der Waals surface area contributed by atoms with E-state index in [1.54, 1.807) is 0 Å². The molecular formula is C8H10ClNO. The molecule has 1 unspecified atom stereocenters. The first-order chi connectivity index (χ1) is 5.20. The number of carbonyl (C=O) groups excluding carboxylic acids is 1. The third-order valence-electron chi connectivity index (χ3n) is 1.59. The van der Waals surface area contributed by atoms with Crippen LogP contribution in [0.15, 0.2) is 24.5 Å². The standard InChI is InChI=1S/C8H10ClNO/c1-7(6-8(9)11)10-4-2-3-5-10/h2-5,7H,6H2,1H3. The maximum absolute atomic E-state index is 10.5. The minimum atomic E-state index is -0.286. The van der Waals surface area contributed by atoms with Gasteiger partial charge in [0.05, 0.1) is 0 Å². The fourth-order valence-corrected chi connectivity index (χ4v) is 1.20. The SMILES string of the molecule is CC(CC(=O)Cl)n1cccc1. The Morgan fingerprint density at radius 1 is 1.55 bits per heavy atom. The van der Waals surface area contributed by atoms with Gasteiger partial charge in [-0.25, -0.2) is 0 Å². The molecular weight excluding hydrogens is 162 g/mol. The van der Waals surface area contributed by atoms with Gasteiger partial charge in [-0.15, -0.1) is 0 Å². The van der Waals surface area contributed by atoms with Crippen molar-refractivity contribution >= 4 is 16.8 Å². The van der Waals surface area contributed by atoms with E-state index in [0.29, 0.717) is 6.42 Å². The average Bonchev–Trinajstić information content (AvgIpc) is 2.35. The van der Waals surface area contributed by atoms with Crippen LogP contribution in [0.4, 0.5) is 0 Å². The molecule has 0 saturated carbocycles. The van der Waals surface area contributed by atoms with Gasteiger partial charge in [0, 0.05) is 24.9 Å². The van der Waals surface area contributed by atoms with Gasteiger partial charge in [0.15, 0.2) is 0 Å². The first-order valence-electron chi connectivity index (χ1n) is 3.51. The van der Waals surface area contributed by atoms with E-state index < -0.39 is 0 Å². The van der Waals surface area contributed by atoms with E-state index in [-0.39, 0.29) is 11.3 Å². The lowest BCUT2D eigenvalue weighted by Gasteiger charge is -2.09. The largest absolute Gasteiger partial charge is 0.351 e. The van der Waals surface area contributed by atoms with Crippen LogP contribution in [0.1, 0.15) is 19.4 Å². The Bertz CT molecular complexity index is 230. The quantitative estimate of drug-likeness (QED) is 0.640. The second-order valence-electron chi connectivity index (χ2n) is 2.54. The summed E-state index contributed by atoms with van der Waals surface area (Å²) >= 11 is 5.24. The fraction of sp³-hybridized carbons (Fsp3) is 0.375.